The number of piperidine rings is 1. The van der Waals surface area contributed by atoms with Gasteiger partial charge in [-0.2, -0.15) is 0 Å². The summed E-state index contributed by atoms with van der Waals surface area (Å²) in [5.74, 6) is 0.150. The van der Waals surface area contributed by atoms with Crippen LogP contribution < -0.4 is 11.1 Å². The molecule has 0 bridgehead atoms. The van der Waals surface area contributed by atoms with Crippen LogP contribution >= 0.6 is 0 Å². The van der Waals surface area contributed by atoms with Crippen LogP contribution in [0.25, 0.3) is 0 Å². The molecule has 106 valence electrons. The van der Waals surface area contributed by atoms with Crippen LogP contribution in [0.2, 0.25) is 0 Å². The van der Waals surface area contributed by atoms with Crippen LogP contribution in [0.3, 0.4) is 0 Å². The van der Waals surface area contributed by atoms with Crippen molar-refractivity contribution in [2.45, 2.75) is 71.0 Å². The number of nitrogens with two attached hydrogens (primary N) is 1. The molecule has 0 spiro atoms. The highest BCUT2D eigenvalue weighted by atomic mass is 16.1. The molecular formula is C14H29N3O. The van der Waals surface area contributed by atoms with E-state index in [1.54, 1.807) is 0 Å². The second-order valence-corrected chi connectivity index (χ2v) is 6.46. The first-order chi connectivity index (χ1) is 8.28. The standard InChI is InChI=1S/C14H29N3O/c1-11(2)17-9-6-12(7-10-17)16-13(18)5-8-14(3,4)15/h11-12H,5-10,15H2,1-4H3,(H,16,18). The second-order valence-electron chi connectivity index (χ2n) is 6.46. The highest BCUT2D eigenvalue weighted by Crippen LogP contribution is 2.13. The molecule has 0 atom stereocenters. The van der Waals surface area contributed by atoms with Gasteiger partial charge in [-0.3, -0.25) is 4.79 Å². The van der Waals surface area contributed by atoms with Gasteiger partial charge in [0.05, 0.1) is 0 Å². The molecule has 0 saturated carbocycles. The third-order valence-electron chi connectivity index (χ3n) is 3.62. The van der Waals surface area contributed by atoms with Crippen molar-refractivity contribution < 1.29 is 4.79 Å². The summed E-state index contributed by atoms with van der Waals surface area (Å²) in [7, 11) is 0. The lowest BCUT2D eigenvalue weighted by atomic mass is 9.99. The first-order valence-electron chi connectivity index (χ1n) is 7.10. The van der Waals surface area contributed by atoms with Gasteiger partial charge < -0.3 is 16.0 Å². The fraction of sp³-hybridized carbons (Fsp3) is 0.929. The number of carbonyl (C=O) groups excluding carboxylic acids is 1. The van der Waals surface area contributed by atoms with Gasteiger partial charge in [0.25, 0.3) is 0 Å². The summed E-state index contributed by atoms with van der Waals surface area (Å²) in [6.07, 6.45) is 3.41. The first kappa shape index (κ1) is 15.4. The molecule has 0 aliphatic carbocycles. The smallest absolute Gasteiger partial charge is 0.220 e. The van der Waals surface area contributed by atoms with E-state index in [0.29, 0.717) is 18.5 Å². The number of hydrogen-bond acceptors (Lipinski definition) is 3. The number of hydrogen-bond donors (Lipinski definition) is 2. The van der Waals surface area contributed by atoms with E-state index in [1.165, 1.54) is 0 Å². The van der Waals surface area contributed by atoms with Crippen molar-refractivity contribution in [1.82, 2.24) is 10.2 Å². The van der Waals surface area contributed by atoms with Crippen LogP contribution in [0, 0.1) is 0 Å². The van der Waals surface area contributed by atoms with Gasteiger partial charge in [0, 0.05) is 37.1 Å². The Balaban J connectivity index is 2.22. The van der Waals surface area contributed by atoms with E-state index in [4.69, 9.17) is 5.73 Å². The summed E-state index contributed by atoms with van der Waals surface area (Å²) in [5.41, 5.74) is 5.63. The zero-order chi connectivity index (χ0) is 13.8. The van der Waals surface area contributed by atoms with E-state index in [0.717, 1.165) is 32.4 Å². The molecule has 0 radical (unpaired) electrons. The summed E-state index contributed by atoms with van der Waals surface area (Å²) in [5, 5.41) is 3.13. The second kappa shape index (κ2) is 6.53. The molecule has 1 fully saturated rings. The number of rotatable bonds is 5. The normalized spacial score (nSPS) is 19.2. The van der Waals surface area contributed by atoms with Crippen molar-refractivity contribution in [3.8, 4) is 0 Å². The predicted molar refractivity (Wildman–Crippen MR) is 75.4 cm³/mol. The van der Waals surface area contributed by atoms with E-state index < -0.39 is 0 Å². The quantitative estimate of drug-likeness (QED) is 0.782. The SMILES string of the molecule is CC(C)N1CCC(NC(=O)CCC(C)(C)N)CC1. The van der Waals surface area contributed by atoms with Gasteiger partial charge in [-0.15, -0.1) is 0 Å². The van der Waals surface area contributed by atoms with Crippen molar-refractivity contribution in [2.24, 2.45) is 5.73 Å². The Morgan fingerprint density at radius 2 is 1.94 bits per heavy atom. The minimum atomic E-state index is -0.252. The molecule has 3 N–H and O–H groups in total. The predicted octanol–water partition coefficient (Wildman–Crippen LogP) is 1.49. The summed E-state index contributed by atoms with van der Waals surface area (Å²) >= 11 is 0. The minimum absolute atomic E-state index is 0.150. The highest BCUT2D eigenvalue weighted by Gasteiger charge is 2.22. The van der Waals surface area contributed by atoms with Crippen molar-refractivity contribution >= 4 is 5.91 Å². The van der Waals surface area contributed by atoms with Crippen molar-refractivity contribution in [1.29, 1.82) is 0 Å². The Morgan fingerprint density at radius 3 is 2.39 bits per heavy atom. The van der Waals surface area contributed by atoms with Crippen LogP contribution in [0.1, 0.15) is 53.4 Å². The minimum Gasteiger partial charge on any atom is -0.353 e. The molecule has 18 heavy (non-hydrogen) atoms. The van der Waals surface area contributed by atoms with Gasteiger partial charge in [0.15, 0.2) is 0 Å². The molecule has 0 aromatic carbocycles. The summed E-state index contributed by atoms with van der Waals surface area (Å²) in [6.45, 7) is 10.5. The van der Waals surface area contributed by atoms with Gasteiger partial charge >= 0.3 is 0 Å². The summed E-state index contributed by atoms with van der Waals surface area (Å²) in [6, 6.07) is 0.966. The van der Waals surface area contributed by atoms with E-state index in [1.807, 2.05) is 13.8 Å². The Hall–Kier alpha value is -0.610. The van der Waals surface area contributed by atoms with E-state index in [2.05, 4.69) is 24.1 Å². The molecule has 1 aliphatic heterocycles. The van der Waals surface area contributed by atoms with Gasteiger partial charge in [-0.25, -0.2) is 0 Å². The van der Waals surface area contributed by atoms with Crippen LogP contribution in [0.15, 0.2) is 0 Å². The van der Waals surface area contributed by atoms with Gasteiger partial charge in [0.2, 0.25) is 5.91 Å². The van der Waals surface area contributed by atoms with E-state index in [-0.39, 0.29) is 11.4 Å². The van der Waals surface area contributed by atoms with Crippen LogP contribution in [0.5, 0.6) is 0 Å². The highest BCUT2D eigenvalue weighted by molar-refractivity contribution is 5.76. The molecule has 1 rings (SSSR count). The summed E-state index contributed by atoms with van der Waals surface area (Å²) < 4.78 is 0. The molecular weight excluding hydrogens is 226 g/mol. The third kappa shape index (κ3) is 5.83. The lowest BCUT2D eigenvalue weighted by molar-refractivity contribution is -0.122. The van der Waals surface area contributed by atoms with E-state index in [9.17, 15) is 4.79 Å². The van der Waals surface area contributed by atoms with Crippen molar-refractivity contribution in [3.05, 3.63) is 0 Å². The first-order valence-corrected chi connectivity index (χ1v) is 7.10. The average molecular weight is 255 g/mol. The Bertz CT molecular complexity index is 263. The molecule has 4 heteroatoms. The van der Waals surface area contributed by atoms with Crippen LogP contribution in [0.4, 0.5) is 0 Å². The maximum absolute atomic E-state index is 11.8. The number of nitrogens with one attached hydrogen (secondary N) is 1. The lowest BCUT2D eigenvalue weighted by Gasteiger charge is -2.35. The third-order valence-corrected chi connectivity index (χ3v) is 3.62. The zero-order valence-electron chi connectivity index (χ0n) is 12.3. The van der Waals surface area contributed by atoms with Crippen molar-refractivity contribution in [3.63, 3.8) is 0 Å². The number of nitrogens with zero attached hydrogens (tertiary/aromatic N) is 1. The molecule has 4 nitrogen and oxygen atoms in total. The average Bonchev–Trinajstić information content (AvgIpc) is 2.26. The van der Waals surface area contributed by atoms with Gasteiger partial charge in [-0.1, -0.05) is 0 Å². The topological polar surface area (TPSA) is 58.4 Å². The molecule has 1 amide bonds. The monoisotopic (exact) mass is 255 g/mol. The molecule has 0 unspecified atom stereocenters. The van der Waals surface area contributed by atoms with Gasteiger partial charge in [0.1, 0.15) is 0 Å². The number of carbonyl (C=O) groups is 1. The maximum atomic E-state index is 11.8. The van der Waals surface area contributed by atoms with Gasteiger partial charge in [-0.05, 0) is 47.0 Å². The number of likely N-dealkylation sites (tertiary alicyclic amines) is 1. The van der Waals surface area contributed by atoms with Crippen LogP contribution in [-0.2, 0) is 4.79 Å². The fourth-order valence-electron chi connectivity index (χ4n) is 2.30. The lowest BCUT2D eigenvalue weighted by Crippen LogP contribution is -2.47. The largest absolute Gasteiger partial charge is 0.353 e. The molecule has 1 aliphatic rings. The Morgan fingerprint density at radius 1 is 1.39 bits per heavy atom. The molecule has 0 aromatic rings. The Kier molecular flexibility index (Phi) is 5.60. The fourth-order valence-corrected chi connectivity index (χ4v) is 2.30. The molecule has 1 saturated heterocycles. The van der Waals surface area contributed by atoms with Crippen molar-refractivity contribution in [2.75, 3.05) is 13.1 Å². The van der Waals surface area contributed by atoms with Crippen LogP contribution in [-0.4, -0.2) is 41.5 Å². The number of amides is 1. The summed E-state index contributed by atoms with van der Waals surface area (Å²) in [4.78, 5) is 14.3. The maximum Gasteiger partial charge on any atom is 0.220 e. The molecule has 1 heterocycles. The Labute approximate surface area is 111 Å². The van der Waals surface area contributed by atoms with E-state index >= 15 is 0 Å². The zero-order valence-corrected chi connectivity index (χ0v) is 12.3. The molecule has 0 aromatic heterocycles.